The molecule has 0 bridgehead atoms. The number of amides is 1. The first-order valence-corrected chi connectivity index (χ1v) is 7.72. The zero-order valence-electron chi connectivity index (χ0n) is 13.1. The van der Waals surface area contributed by atoms with Crippen LogP contribution in [-0.4, -0.2) is 38.1 Å². The molecule has 1 aromatic carbocycles. The lowest BCUT2D eigenvalue weighted by molar-refractivity contribution is -0.122. The highest BCUT2D eigenvalue weighted by Gasteiger charge is 2.10. The first kappa shape index (κ1) is 17.8. The largest absolute Gasteiger partial charge is 0.496 e. The van der Waals surface area contributed by atoms with E-state index in [1.165, 1.54) is 0 Å². The van der Waals surface area contributed by atoms with E-state index in [0.29, 0.717) is 18.1 Å². The number of rotatable bonds is 9. The zero-order valence-corrected chi connectivity index (χ0v) is 13.9. The highest BCUT2D eigenvalue weighted by molar-refractivity contribution is 6.30. The van der Waals surface area contributed by atoms with Crippen LogP contribution in [0, 0.1) is 0 Å². The SMILES string of the molecule is CCCCCNC(=O)CN(C)Cc1cc(Cl)ccc1OC. The maximum atomic E-state index is 11.8. The van der Waals surface area contributed by atoms with Crippen molar-refractivity contribution in [3.63, 3.8) is 0 Å². The van der Waals surface area contributed by atoms with Gasteiger partial charge in [0.1, 0.15) is 5.75 Å². The highest BCUT2D eigenvalue weighted by Crippen LogP contribution is 2.23. The van der Waals surface area contributed by atoms with Crippen LogP contribution in [0.3, 0.4) is 0 Å². The summed E-state index contributed by atoms with van der Waals surface area (Å²) in [7, 11) is 3.54. The molecule has 0 saturated carbocycles. The number of unbranched alkanes of at least 4 members (excludes halogenated alkanes) is 2. The minimum absolute atomic E-state index is 0.0506. The van der Waals surface area contributed by atoms with Crippen molar-refractivity contribution in [2.75, 3.05) is 27.2 Å². The molecule has 0 spiro atoms. The Balaban J connectivity index is 2.44. The minimum Gasteiger partial charge on any atom is -0.496 e. The smallest absolute Gasteiger partial charge is 0.234 e. The number of methoxy groups -OCH3 is 1. The third kappa shape index (κ3) is 6.82. The summed E-state index contributed by atoms with van der Waals surface area (Å²) in [6.07, 6.45) is 3.34. The zero-order chi connectivity index (χ0) is 15.7. The molecule has 0 aliphatic heterocycles. The number of nitrogens with zero attached hydrogens (tertiary/aromatic N) is 1. The Morgan fingerprint density at radius 2 is 2.14 bits per heavy atom. The van der Waals surface area contributed by atoms with Gasteiger partial charge in [-0.25, -0.2) is 0 Å². The molecule has 0 unspecified atom stereocenters. The Morgan fingerprint density at radius 1 is 1.38 bits per heavy atom. The van der Waals surface area contributed by atoms with E-state index in [-0.39, 0.29) is 5.91 Å². The fraction of sp³-hybridized carbons (Fsp3) is 0.562. The lowest BCUT2D eigenvalue weighted by Gasteiger charge is -2.18. The molecule has 0 heterocycles. The maximum absolute atomic E-state index is 11.8. The second kappa shape index (κ2) is 9.64. The third-order valence-electron chi connectivity index (χ3n) is 3.20. The van der Waals surface area contributed by atoms with E-state index in [1.54, 1.807) is 13.2 Å². The number of halogens is 1. The molecule has 1 aromatic rings. The van der Waals surface area contributed by atoms with Gasteiger partial charge in [-0.3, -0.25) is 9.69 Å². The molecular weight excluding hydrogens is 288 g/mol. The van der Waals surface area contributed by atoms with Crippen LogP contribution in [0.4, 0.5) is 0 Å². The van der Waals surface area contributed by atoms with Crippen molar-refractivity contribution < 1.29 is 9.53 Å². The second-order valence-electron chi connectivity index (χ2n) is 5.19. The van der Waals surface area contributed by atoms with Gasteiger partial charge in [0.25, 0.3) is 0 Å². The summed E-state index contributed by atoms with van der Waals surface area (Å²) in [6, 6.07) is 5.51. The van der Waals surface area contributed by atoms with E-state index in [2.05, 4.69) is 12.2 Å². The van der Waals surface area contributed by atoms with Gasteiger partial charge in [-0.05, 0) is 31.7 Å². The van der Waals surface area contributed by atoms with Crippen molar-refractivity contribution in [3.05, 3.63) is 28.8 Å². The predicted octanol–water partition coefficient (Wildman–Crippen LogP) is 3.09. The summed E-state index contributed by atoms with van der Waals surface area (Å²) >= 11 is 6.01. The van der Waals surface area contributed by atoms with Crippen LogP contribution in [0.1, 0.15) is 31.7 Å². The van der Waals surface area contributed by atoms with Crippen molar-refractivity contribution in [3.8, 4) is 5.75 Å². The van der Waals surface area contributed by atoms with Crippen molar-refractivity contribution in [2.24, 2.45) is 0 Å². The van der Waals surface area contributed by atoms with Gasteiger partial charge in [-0.2, -0.15) is 0 Å². The Bertz CT molecular complexity index is 452. The van der Waals surface area contributed by atoms with E-state index in [1.807, 2.05) is 24.1 Å². The topological polar surface area (TPSA) is 41.6 Å². The van der Waals surface area contributed by atoms with Crippen molar-refractivity contribution in [1.29, 1.82) is 0 Å². The molecule has 0 aliphatic carbocycles. The summed E-state index contributed by atoms with van der Waals surface area (Å²) in [5.41, 5.74) is 0.978. The van der Waals surface area contributed by atoms with Gasteiger partial charge < -0.3 is 10.1 Å². The van der Waals surface area contributed by atoms with Crippen LogP contribution in [-0.2, 0) is 11.3 Å². The lowest BCUT2D eigenvalue weighted by Crippen LogP contribution is -2.35. The molecule has 0 fully saturated rings. The normalized spacial score (nSPS) is 10.7. The van der Waals surface area contributed by atoms with Crippen molar-refractivity contribution >= 4 is 17.5 Å². The molecule has 0 saturated heterocycles. The first-order valence-electron chi connectivity index (χ1n) is 7.34. The van der Waals surface area contributed by atoms with Gasteiger partial charge in [0.15, 0.2) is 0 Å². The number of benzene rings is 1. The molecule has 0 atom stereocenters. The van der Waals surface area contributed by atoms with Gasteiger partial charge in [0.2, 0.25) is 5.91 Å². The quantitative estimate of drug-likeness (QED) is 0.712. The van der Waals surface area contributed by atoms with Gasteiger partial charge in [0, 0.05) is 23.7 Å². The average molecular weight is 313 g/mol. The van der Waals surface area contributed by atoms with E-state index in [4.69, 9.17) is 16.3 Å². The van der Waals surface area contributed by atoms with E-state index in [9.17, 15) is 4.79 Å². The van der Waals surface area contributed by atoms with Crippen molar-refractivity contribution in [2.45, 2.75) is 32.7 Å². The van der Waals surface area contributed by atoms with Gasteiger partial charge >= 0.3 is 0 Å². The Kier molecular flexibility index (Phi) is 8.16. The molecule has 5 heteroatoms. The summed E-state index contributed by atoms with van der Waals surface area (Å²) in [4.78, 5) is 13.8. The maximum Gasteiger partial charge on any atom is 0.234 e. The number of likely N-dealkylation sites (N-methyl/N-ethyl adjacent to an activating group) is 1. The molecule has 21 heavy (non-hydrogen) atoms. The molecule has 4 nitrogen and oxygen atoms in total. The van der Waals surface area contributed by atoms with Crippen LogP contribution < -0.4 is 10.1 Å². The van der Waals surface area contributed by atoms with Crippen LogP contribution in [0.15, 0.2) is 18.2 Å². The van der Waals surface area contributed by atoms with Crippen molar-refractivity contribution in [1.82, 2.24) is 10.2 Å². The van der Waals surface area contributed by atoms with Crippen LogP contribution >= 0.6 is 11.6 Å². The number of hydrogen-bond acceptors (Lipinski definition) is 3. The minimum atomic E-state index is 0.0506. The Hall–Kier alpha value is -1.26. The van der Waals surface area contributed by atoms with Crippen LogP contribution in [0.25, 0.3) is 0 Å². The molecule has 118 valence electrons. The van der Waals surface area contributed by atoms with Gasteiger partial charge in [0.05, 0.1) is 13.7 Å². The number of carbonyl (C=O) groups is 1. The summed E-state index contributed by atoms with van der Waals surface area (Å²) < 4.78 is 5.31. The average Bonchev–Trinajstić information content (AvgIpc) is 2.43. The molecule has 0 radical (unpaired) electrons. The van der Waals surface area contributed by atoms with Gasteiger partial charge in [-0.1, -0.05) is 31.4 Å². The third-order valence-corrected chi connectivity index (χ3v) is 3.43. The number of ether oxygens (including phenoxy) is 1. The standard InChI is InChI=1S/C16H25ClN2O2/c1-4-5-6-9-18-16(20)12-19(2)11-13-10-14(17)7-8-15(13)21-3/h7-8,10H,4-6,9,11-12H2,1-3H3,(H,18,20). The van der Waals surface area contributed by atoms with Crippen LogP contribution in [0.2, 0.25) is 5.02 Å². The molecule has 0 aliphatic rings. The monoisotopic (exact) mass is 312 g/mol. The van der Waals surface area contributed by atoms with E-state index < -0.39 is 0 Å². The van der Waals surface area contributed by atoms with Gasteiger partial charge in [-0.15, -0.1) is 0 Å². The predicted molar refractivity (Wildman–Crippen MR) is 86.9 cm³/mol. The molecule has 1 amide bonds. The Morgan fingerprint density at radius 3 is 2.81 bits per heavy atom. The van der Waals surface area contributed by atoms with E-state index >= 15 is 0 Å². The number of carbonyl (C=O) groups excluding carboxylic acids is 1. The highest BCUT2D eigenvalue weighted by atomic mass is 35.5. The second-order valence-corrected chi connectivity index (χ2v) is 5.62. The Labute approximate surface area is 132 Å². The lowest BCUT2D eigenvalue weighted by atomic mass is 10.2. The fourth-order valence-electron chi connectivity index (χ4n) is 2.12. The molecule has 0 aromatic heterocycles. The summed E-state index contributed by atoms with van der Waals surface area (Å²) in [6.45, 7) is 3.88. The first-order chi connectivity index (χ1) is 10.1. The van der Waals surface area contributed by atoms with Crippen LogP contribution in [0.5, 0.6) is 5.75 Å². The molecule has 1 N–H and O–H groups in total. The molecular formula is C16H25ClN2O2. The number of hydrogen-bond donors (Lipinski definition) is 1. The molecule has 1 rings (SSSR count). The summed E-state index contributed by atoms with van der Waals surface area (Å²) in [5, 5.41) is 3.61. The fourth-order valence-corrected chi connectivity index (χ4v) is 2.32. The number of nitrogens with one attached hydrogen (secondary N) is 1. The van der Waals surface area contributed by atoms with E-state index in [0.717, 1.165) is 37.1 Å². The summed E-state index contributed by atoms with van der Waals surface area (Å²) in [5.74, 6) is 0.837.